The van der Waals surface area contributed by atoms with Crippen molar-refractivity contribution in [2.75, 3.05) is 11.1 Å². The van der Waals surface area contributed by atoms with E-state index in [-0.39, 0.29) is 11.8 Å². The standard InChI is InChI=1S/C16H20N2O4S/c1-9(14(20)18-16(2,3)4)22-15(21)10-5-6-12-11(7-10)17-13(19)8-23-12/h5-7,9H,8H2,1-4H3,(H,17,19)(H,18,20). The molecule has 6 nitrogen and oxygen atoms in total. The SMILES string of the molecule is CC(OC(=O)c1ccc2c(c1)NC(=O)CS2)C(=O)NC(C)(C)C. The van der Waals surface area contributed by atoms with Crippen molar-refractivity contribution in [2.24, 2.45) is 0 Å². The minimum absolute atomic E-state index is 0.106. The van der Waals surface area contributed by atoms with Crippen LogP contribution in [0.1, 0.15) is 38.1 Å². The van der Waals surface area contributed by atoms with E-state index in [1.165, 1.54) is 18.7 Å². The summed E-state index contributed by atoms with van der Waals surface area (Å²) in [6.07, 6.45) is -0.901. The van der Waals surface area contributed by atoms with Crippen molar-refractivity contribution in [3.63, 3.8) is 0 Å². The summed E-state index contributed by atoms with van der Waals surface area (Å²) in [6, 6.07) is 4.95. The van der Waals surface area contributed by atoms with Crippen molar-refractivity contribution >= 4 is 35.2 Å². The molecule has 0 saturated carbocycles. The van der Waals surface area contributed by atoms with Crippen molar-refractivity contribution in [3.05, 3.63) is 23.8 Å². The minimum Gasteiger partial charge on any atom is -0.449 e. The third-order valence-electron chi connectivity index (χ3n) is 3.00. The largest absolute Gasteiger partial charge is 0.449 e. The molecule has 1 aliphatic rings. The van der Waals surface area contributed by atoms with Crippen molar-refractivity contribution in [2.45, 2.75) is 44.2 Å². The fourth-order valence-corrected chi connectivity index (χ4v) is 2.75. The molecule has 2 rings (SSSR count). The highest BCUT2D eigenvalue weighted by Gasteiger charge is 2.24. The maximum atomic E-state index is 12.2. The Bertz CT molecular complexity index is 652. The number of rotatable bonds is 3. The predicted molar refractivity (Wildman–Crippen MR) is 88.6 cm³/mol. The van der Waals surface area contributed by atoms with Crippen LogP contribution in [0.15, 0.2) is 23.1 Å². The van der Waals surface area contributed by atoms with Gasteiger partial charge in [-0.3, -0.25) is 9.59 Å². The molecule has 1 unspecified atom stereocenters. The summed E-state index contributed by atoms with van der Waals surface area (Å²) in [5.74, 6) is -0.700. The molecule has 0 bridgehead atoms. The monoisotopic (exact) mass is 336 g/mol. The summed E-state index contributed by atoms with van der Waals surface area (Å²) in [7, 11) is 0. The molecule has 0 aromatic heterocycles. The van der Waals surface area contributed by atoms with Crippen LogP contribution in [0.4, 0.5) is 5.69 Å². The lowest BCUT2D eigenvalue weighted by molar-refractivity contribution is -0.130. The number of carbonyl (C=O) groups excluding carboxylic acids is 3. The van der Waals surface area contributed by atoms with Gasteiger partial charge in [-0.05, 0) is 45.9 Å². The van der Waals surface area contributed by atoms with E-state index in [4.69, 9.17) is 4.74 Å². The van der Waals surface area contributed by atoms with Gasteiger partial charge in [-0.25, -0.2) is 4.79 Å². The van der Waals surface area contributed by atoms with E-state index in [1.54, 1.807) is 18.2 Å². The first-order chi connectivity index (χ1) is 10.7. The molecule has 1 heterocycles. The van der Waals surface area contributed by atoms with Gasteiger partial charge in [0.2, 0.25) is 5.91 Å². The molecule has 23 heavy (non-hydrogen) atoms. The number of fused-ring (bicyclic) bond motifs is 1. The number of hydrogen-bond acceptors (Lipinski definition) is 5. The molecule has 2 amide bonds. The lowest BCUT2D eigenvalue weighted by atomic mass is 10.1. The molecule has 0 saturated heterocycles. The van der Waals surface area contributed by atoms with Gasteiger partial charge in [0.05, 0.1) is 17.0 Å². The predicted octanol–water partition coefficient (Wildman–Crippen LogP) is 2.19. The molecule has 0 radical (unpaired) electrons. The van der Waals surface area contributed by atoms with Crippen LogP contribution in [0.25, 0.3) is 0 Å². The minimum atomic E-state index is -0.901. The highest BCUT2D eigenvalue weighted by atomic mass is 32.2. The number of ether oxygens (including phenoxy) is 1. The van der Waals surface area contributed by atoms with E-state index in [2.05, 4.69) is 10.6 Å². The summed E-state index contributed by atoms with van der Waals surface area (Å²) in [5.41, 5.74) is 0.486. The Hall–Kier alpha value is -2.02. The Kier molecular flexibility index (Phi) is 4.99. The highest BCUT2D eigenvalue weighted by molar-refractivity contribution is 8.00. The van der Waals surface area contributed by atoms with Crippen LogP contribution in [0.2, 0.25) is 0 Å². The summed E-state index contributed by atoms with van der Waals surface area (Å²) >= 11 is 1.41. The van der Waals surface area contributed by atoms with Crippen LogP contribution in [-0.2, 0) is 14.3 Å². The molecule has 124 valence electrons. The second-order valence-corrected chi connectivity index (χ2v) is 7.35. The lowest BCUT2D eigenvalue weighted by Gasteiger charge is -2.23. The number of amides is 2. The van der Waals surface area contributed by atoms with E-state index in [0.29, 0.717) is 17.0 Å². The highest BCUT2D eigenvalue weighted by Crippen LogP contribution is 2.32. The van der Waals surface area contributed by atoms with E-state index in [9.17, 15) is 14.4 Å². The Balaban J connectivity index is 2.05. The first-order valence-electron chi connectivity index (χ1n) is 7.25. The zero-order valence-electron chi connectivity index (χ0n) is 13.6. The van der Waals surface area contributed by atoms with Crippen LogP contribution in [-0.4, -0.2) is 35.2 Å². The summed E-state index contributed by atoms with van der Waals surface area (Å²) < 4.78 is 5.19. The van der Waals surface area contributed by atoms with Crippen LogP contribution >= 0.6 is 11.8 Å². The number of nitrogens with one attached hydrogen (secondary N) is 2. The Labute approximate surface area is 139 Å². The third kappa shape index (κ3) is 4.72. The van der Waals surface area contributed by atoms with Crippen LogP contribution < -0.4 is 10.6 Å². The van der Waals surface area contributed by atoms with Crippen LogP contribution in [0, 0.1) is 0 Å². The van der Waals surface area contributed by atoms with Gasteiger partial charge >= 0.3 is 5.97 Å². The normalized spacial score (nSPS) is 15.2. The fraction of sp³-hybridized carbons (Fsp3) is 0.438. The van der Waals surface area contributed by atoms with Gasteiger partial charge in [-0.15, -0.1) is 11.8 Å². The van der Waals surface area contributed by atoms with Crippen molar-refractivity contribution in [3.8, 4) is 0 Å². The molecule has 7 heteroatoms. The zero-order valence-corrected chi connectivity index (χ0v) is 14.4. The number of carbonyl (C=O) groups is 3. The van der Waals surface area contributed by atoms with Gasteiger partial charge in [-0.2, -0.15) is 0 Å². The number of hydrogen-bond donors (Lipinski definition) is 2. The van der Waals surface area contributed by atoms with Crippen molar-refractivity contribution in [1.29, 1.82) is 0 Å². The summed E-state index contributed by atoms with van der Waals surface area (Å²) in [5, 5.41) is 5.47. The molecule has 1 aliphatic heterocycles. The smallest absolute Gasteiger partial charge is 0.338 e. The average molecular weight is 336 g/mol. The molecule has 1 atom stereocenters. The summed E-state index contributed by atoms with van der Waals surface area (Å²) in [6.45, 7) is 7.07. The van der Waals surface area contributed by atoms with E-state index in [0.717, 1.165) is 4.90 Å². The first kappa shape index (κ1) is 17.3. The van der Waals surface area contributed by atoms with Crippen molar-refractivity contribution < 1.29 is 19.1 Å². The fourth-order valence-electron chi connectivity index (χ4n) is 1.96. The van der Waals surface area contributed by atoms with Gasteiger partial charge in [0, 0.05) is 10.4 Å². The average Bonchev–Trinajstić information content (AvgIpc) is 2.44. The number of esters is 1. The Morgan fingerprint density at radius 3 is 2.70 bits per heavy atom. The molecular weight excluding hydrogens is 316 g/mol. The first-order valence-corrected chi connectivity index (χ1v) is 8.24. The molecular formula is C16H20N2O4S. The van der Waals surface area contributed by atoms with Gasteiger partial charge in [0.15, 0.2) is 6.10 Å². The molecule has 2 N–H and O–H groups in total. The third-order valence-corrected chi connectivity index (χ3v) is 4.07. The molecule has 1 aromatic carbocycles. The molecule has 1 aromatic rings. The maximum absolute atomic E-state index is 12.2. The second-order valence-electron chi connectivity index (χ2n) is 6.33. The number of anilines is 1. The van der Waals surface area contributed by atoms with Gasteiger partial charge in [-0.1, -0.05) is 0 Å². The number of benzene rings is 1. The van der Waals surface area contributed by atoms with Gasteiger partial charge in [0.1, 0.15) is 0 Å². The van der Waals surface area contributed by atoms with E-state index >= 15 is 0 Å². The summed E-state index contributed by atoms with van der Waals surface area (Å²) in [4.78, 5) is 36.4. The van der Waals surface area contributed by atoms with Gasteiger partial charge < -0.3 is 15.4 Å². The van der Waals surface area contributed by atoms with Gasteiger partial charge in [0.25, 0.3) is 5.91 Å². The quantitative estimate of drug-likeness (QED) is 0.827. The van der Waals surface area contributed by atoms with Crippen molar-refractivity contribution in [1.82, 2.24) is 5.32 Å². The van der Waals surface area contributed by atoms with Crippen LogP contribution in [0.3, 0.4) is 0 Å². The molecule has 0 aliphatic carbocycles. The second kappa shape index (κ2) is 6.62. The van der Waals surface area contributed by atoms with Crippen LogP contribution in [0.5, 0.6) is 0 Å². The van der Waals surface area contributed by atoms with E-state index in [1.807, 2.05) is 20.8 Å². The molecule has 0 spiro atoms. The number of thioether (sulfide) groups is 1. The maximum Gasteiger partial charge on any atom is 0.338 e. The Morgan fingerprint density at radius 1 is 1.35 bits per heavy atom. The Morgan fingerprint density at radius 2 is 2.04 bits per heavy atom. The van der Waals surface area contributed by atoms with E-state index < -0.39 is 17.6 Å². The zero-order chi connectivity index (χ0) is 17.2. The lowest BCUT2D eigenvalue weighted by Crippen LogP contribution is -2.46. The topological polar surface area (TPSA) is 84.5 Å². The molecule has 0 fully saturated rings.